The lowest BCUT2D eigenvalue weighted by molar-refractivity contribution is 0.858. The van der Waals surface area contributed by atoms with Crippen molar-refractivity contribution in [2.45, 2.75) is 33.2 Å². The van der Waals surface area contributed by atoms with Crippen LogP contribution in [0.2, 0.25) is 0 Å². The van der Waals surface area contributed by atoms with Crippen molar-refractivity contribution in [2.75, 3.05) is 0 Å². The third-order valence-electron chi connectivity index (χ3n) is 3.21. The first-order valence-corrected chi connectivity index (χ1v) is 6.39. The van der Waals surface area contributed by atoms with Crippen LogP contribution < -0.4 is 5.73 Å². The van der Waals surface area contributed by atoms with E-state index in [4.69, 9.17) is 5.73 Å². The minimum atomic E-state index is -0.0729. The Balaban J connectivity index is 2.31. The van der Waals surface area contributed by atoms with E-state index in [9.17, 15) is 0 Å². The number of aryl methyl sites for hydroxylation is 3. The van der Waals surface area contributed by atoms with Crippen LogP contribution in [0.1, 0.15) is 41.0 Å². The van der Waals surface area contributed by atoms with Gasteiger partial charge in [-0.05, 0) is 49.1 Å². The average Bonchev–Trinajstić information content (AvgIpc) is 2.37. The van der Waals surface area contributed by atoms with E-state index in [1.165, 1.54) is 5.56 Å². The molecule has 2 rings (SSSR count). The summed E-state index contributed by atoms with van der Waals surface area (Å²) < 4.78 is 0. The topological polar surface area (TPSA) is 38.9 Å². The predicted octanol–water partition coefficient (Wildman–Crippen LogP) is 3.31. The van der Waals surface area contributed by atoms with Crippen molar-refractivity contribution < 1.29 is 0 Å². The van der Waals surface area contributed by atoms with Gasteiger partial charge in [0, 0.05) is 11.4 Å². The Labute approximate surface area is 109 Å². The molecule has 0 spiro atoms. The Hall–Kier alpha value is -1.67. The van der Waals surface area contributed by atoms with Gasteiger partial charge in [-0.25, -0.2) is 0 Å². The fourth-order valence-electron chi connectivity index (χ4n) is 2.20. The maximum Gasteiger partial charge on any atom is 0.0552 e. The highest BCUT2D eigenvalue weighted by Crippen LogP contribution is 2.21. The third-order valence-corrected chi connectivity index (χ3v) is 3.21. The molecule has 2 aromatic rings. The number of pyridine rings is 1. The molecule has 2 heteroatoms. The van der Waals surface area contributed by atoms with Crippen molar-refractivity contribution in [3.63, 3.8) is 0 Å². The lowest BCUT2D eigenvalue weighted by atomic mass is 9.98. The normalized spacial score (nSPS) is 12.4. The van der Waals surface area contributed by atoms with Crippen LogP contribution in [0.25, 0.3) is 0 Å². The molecule has 18 heavy (non-hydrogen) atoms. The Morgan fingerprint density at radius 3 is 2.06 bits per heavy atom. The molecule has 1 heterocycles. The van der Waals surface area contributed by atoms with E-state index in [0.717, 1.165) is 28.9 Å². The Kier molecular flexibility index (Phi) is 3.78. The van der Waals surface area contributed by atoms with Crippen LogP contribution in [0.4, 0.5) is 0 Å². The zero-order chi connectivity index (χ0) is 13.1. The molecule has 1 atom stereocenters. The molecule has 2 nitrogen and oxygen atoms in total. The van der Waals surface area contributed by atoms with Gasteiger partial charge in [-0.2, -0.15) is 0 Å². The molecule has 1 aromatic carbocycles. The lowest BCUT2D eigenvalue weighted by Crippen LogP contribution is -2.12. The van der Waals surface area contributed by atoms with Gasteiger partial charge in [0.2, 0.25) is 0 Å². The van der Waals surface area contributed by atoms with Crippen LogP contribution in [-0.2, 0) is 6.42 Å². The first-order valence-electron chi connectivity index (χ1n) is 6.39. The van der Waals surface area contributed by atoms with Crippen molar-refractivity contribution in [3.8, 4) is 0 Å². The molecule has 0 radical (unpaired) electrons. The molecule has 0 aliphatic rings. The molecule has 94 valence electrons. The van der Waals surface area contributed by atoms with Gasteiger partial charge in [0.15, 0.2) is 0 Å². The van der Waals surface area contributed by atoms with Gasteiger partial charge in [-0.15, -0.1) is 0 Å². The summed E-state index contributed by atoms with van der Waals surface area (Å²) in [4.78, 5) is 4.38. The summed E-state index contributed by atoms with van der Waals surface area (Å²) in [6.45, 7) is 6.16. The monoisotopic (exact) mass is 240 g/mol. The van der Waals surface area contributed by atoms with E-state index in [2.05, 4.69) is 48.3 Å². The number of rotatable bonds is 3. The van der Waals surface area contributed by atoms with Crippen LogP contribution in [0, 0.1) is 13.8 Å². The number of nitrogens with two attached hydrogens (primary N) is 1. The predicted molar refractivity (Wildman–Crippen MR) is 75.6 cm³/mol. The first-order chi connectivity index (χ1) is 8.60. The number of hydrogen-bond donors (Lipinski definition) is 1. The number of benzene rings is 1. The maximum atomic E-state index is 6.32. The Morgan fingerprint density at radius 2 is 1.56 bits per heavy atom. The molecule has 0 bridgehead atoms. The van der Waals surface area contributed by atoms with Gasteiger partial charge in [-0.1, -0.05) is 31.2 Å². The van der Waals surface area contributed by atoms with Gasteiger partial charge >= 0.3 is 0 Å². The summed E-state index contributed by atoms with van der Waals surface area (Å²) in [5.74, 6) is 0. The lowest BCUT2D eigenvalue weighted by Gasteiger charge is -2.14. The van der Waals surface area contributed by atoms with Gasteiger partial charge in [-0.3, -0.25) is 4.98 Å². The van der Waals surface area contributed by atoms with Crippen LogP contribution in [-0.4, -0.2) is 4.98 Å². The van der Waals surface area contributed by atoms with E-state index in [1.807, 2.05) is 13.8 Å². The minimum Gasteiger partial charge on any atom is -0.320 e. The van der Waals surface area contributed by atoms with E-state index in [0.29, 0.717) is 0 Å². The second-order valence-electron chi connectivity index (χ2n) is 4.76. The molecule has 1 unspecified atom stereocenters. The third kappa shape index (κ3) is 2.77. The first kappa shape index (κ1) is 12.8. The van der Waals surface area contributed by atoms with E-state index in [1.54, 1.807) is 0 Å². The van der Waals surface area contributed by atoms with Crippen molar-refractivity contribution in [2.24, 2.45) is 5.73 Å². The molecule has 2 N–H and O–H groups in total. The number of nitrogens with zero attached hydrogens (tertiary/aromatic N) is 1. The second-order valence-corrected chi connectivity index (χ2v) is 4.76. The fourth-order valence-corrected chi connectivity index (χ4v) is 2.20. The second kappa shape index (κ2) is 5.32. The SMILES string of the molecule is CCc1ccc(C(N)c2cc(C)nc(C)c2)cc1. The highest BCUT2D eigenvalue weighted by atomic mass is 14.7. The van der Waals surface area contributed by atoms with Crippen molar-refractivity contribution >= 4 is 0 Å². The summed E-state index contributed by atoms with van der Waals surface area (Å²) in [6.07, 6.45) is 1.06. The van der Waals surface area contributed by atoms with Gasteiger partial charge in [0.1, 0.15) is 0 Å². The van der Waals surface area contributed by atoms with Crippen LogP contribution in [0.5, 0.6) is 0 Å². The van der Waals surface area contributed by atoms with E-state index in [-0.39, 0.29) is 6.04 Å². The van der Waals surface area contributed by atoms with Gasteiger partial charge in [0.05, 0.1) is 6.04 Å². The smallest absolute Gasteiger partial charge is 0.0552 e. The molecular formula is C16H20N2. The summed E-state index contributed by atoms with van der Waals surface area (Å²) in [7, 11) is 0. The fraction of sp³-hybridized carbons (Fsp3) is 0.312. The van der Waals surface area contributed by atoms with Crippen LogP contribution in [0.15, 0.2) is 36.4 Å². The quantitative estimate of drug-likeness (QED) is 0.894. The van der Waals surface area contributed by atoms with Crippen LogP contribution in [0.3, 0.4) is 0 Å². The van der Waals surface area contributed by atoms with Crippen molar-refractivity contribution in [1.82, 2.24) is 4.98 Å². The molecule has 1 aromatic heterocycles. The van der Waals surface area contributed by atoms with Crippen LogP contribution >= 0.6 is 0 Å². The Morgan fingerprint density at radius 1 is 1.00 bits per heavy atom. The molecule has 0 saturated heterocycles. The van der Waals surface area contributed by atoms with Crippen molar-refractivity contribution in [1.29, 1.82) is 0 Å². The molecule has 0 fully saturated rings. The number of aromatic nitrogens is 1. The summed E-state index contributed by atoms with van der Waals surface area (Å²) in [5.41, 5.74) is 12.0. The van der Waals surface area contributed by atoms with Gasteiger partial charge in [0.25, 0.3) is 0 Å². The zero-order valence-corrected chi connectivity index (χ0v) is 11.3. The Bertz CT molecular complexity index is 509. The molecule has 0 aliphatic carbocycles. The van der Waals surface area contributed by atoms with E-state index < -0.39 is 0 Å². The highest BCUT2D eigenvalue weighted by Gasteiger charge is 2.10. The van der Waals surface area contributed by atoms with E-state index >= 15 is 0 Å². The number of hydrogen-bond acceptors (Lipinski definition) is 2. The van der Waals surface area contributed by atoms with Gasteiger partial charge < -0.3 is 5.73 Å². The summed E-state index contributed by atoms with van der Waals surface area (Å²) >= 11 is 0. The molecule has 0 amide bonds. The summed E-state index contributed by atoms with van der Waals surface area (Å²) in [6, 6.07) is 12.6. The minimum absolute atomic E-state index is 0.0729. The standard InChI is InChI=1S/C16H20N2/c1-4-13-5-7-14(8-6-13)16(17)15-9-11(2)18-12(3)10-15/h5-10,16H,4,17H2,1-3H3. The summed E-state index contributed by atoms with van der Waals surface area (Å²) in [5, 5.41) is 0. The largest absolute Gasteiger partial charge is 0.320 e. The highest BCUT2D eigenvalue weighted by molar-refractivity contribution is 5.34. The zero-order valence-electron chi connectivity index (χ0n) is 11.3. The maximum absolute atomic E-state index is 6.32. The van der Waals surface area contributed by atoms with Crippen molar-refractivity contribution in [3.05, 3.63) is 64.5 Å². The molecule has 0 saturated carbocycles. The molecular weight excluding hydrogens is 220 g/mol. The molecule has 0 aliphatic heterocycles. The average molecular weight is 240 g/mol.